The van der Waals surface area contributed by atoms with E-state index in [9.17, 15) is 13.2 Å². The van der Waals surface area contributed by atoms with Crippen molar-refractivity contribution in [2.75, 3.05) is 15.8 Å². The Kier molecular flexibility index (Phi) is 5.54. The summed E-state index contributed by atoms with van der Waals surface area (Å²) in [6, 6.07) is 3.63. The van der Waals surface area contributed by atoms with Crippen LogP contribution in [0.1, 0.15) is 50.3 Å². The Bertz CT molecular complexity index is 1040. The number of aryl methyl sites for hydroxylation is 1. The third-order valence-corrected chi connectivity index (χ3v) is 6.52. The molecule has 0 spiro atoms. The predicted molar refractivity (Wildman–Crippen MR) is 112 cm³/mol. The molecule has 1 saturated carbocycles. The molecule has 0 unspecified atom stereocenters. The number of aromatic amines is 1. The maximum absolute atomic E-state index is 11.8. The summed E-state index contributed by atoms with van der Waals surface area (Å²) in [6.07, 6.45) is 4.09. The molecule has 0 aromatic carbocycles. The van der Waals surface area contributed by atoms with Crippen LogP contribution in [-0.2, 0) is 21.2 Å². The molecule has 0 radical (unpaired) electrons. The number of ether oxygens (including phenoxy) is 1. The van der Waals surface area contributed by atoms with E-state index in [4.69, 9.17) is 4.74 Å². The first kappa shape index (κ1) is 20.5. The maximum atomic E-state index is 11.8. The monoisotopic (exact) mass is 434 g/mol. The highest BCUT2D eigenvalue weighted by molar-refractivity contribution is 7.92. The van der Waals surface area contributed by atoms with Crippen molar-refractivity contribution in [1.82, 2.24) is 20.5 Å². The average Bonchev–Trinajstić information content (AvgIpc) is 3.29. The van der Waals surface area contributed by atoms with Gasteiger partial charge >= 0.3 is 6.09 Å². The number of hydrogen-bond donors (Lipinski definition) is 4. The quantitative estimate of drug-likeness (QED) is 0.567. The molecular weight excluding hydrogens is 408 g/mol. The van der Waals surface area contributed by atoms with E-state index in [0.29, 0.717) is 23.7 Å². The lowest BCUT2D eigenvalue weighted by molar-refractivity contribution is 0.0981. The van der Waals surface area contributed by atoms with Crippen LogP contribution < -0.4 is 15.4 Å². The van der Waals surface area contributed by atoms with Gasteiger partial charge in [-0.3, -0.25) is 9.82 Å². The second-order valence-electron chi connectivity index (χ2n) is 8.07. The Balaban J connectivity index is 1.37. The molecule has 2 aliphatic rings. The fourth-order valence-corrected chi connectivity index (χ4v) is 4.92. The number of nitrogens with one attached hydrogen (secondary N) is 4. The molecule has 4 N–H and O–H groups in total. The molecule has 1 aliphatic carbocycles. The topological polar surface area (TPSA) is 138 Å². The molecule has 10 nitrogen and oxygen atoms in total. The molecule has 4 rings (SSSR count). The molecular formula is C19H26N6O4S. The highest BCUT2D eigenvalue weighted by atomic mass is 32.2. The van der Waals surface area contributed by atoms with Crippen molar-refractivity contribution in [3.63, 3.8) is 0 Å². The van der Waals surface area contributed by atoms with Crippen molar-refractivity contribution in [2.45, 2.75) is 57.6 Å². The summed E-state index contributed by atoms with van der Waals surface area (Å²) in [5.41, 5.74) is 2.38. The number of H-pyrrole nitrogens is 1. The van der Waals surface area contributed by atoms with Crippen LogP contribution in [0.2, 0.25) is 0 Å². The highest BCUT2D eigenvalue weighted by Gasteiger charge is 2.30. The van der Waals surface area contributed by atoms with Crippen LogP contribution in [0.25, 0.3) is 0 Å². The highest BCUT2D eigenvalue weighted by Crippen LogP contribution is 2.36. The molecule has 1 fully saturated rings. The van der Waals surface area contributed by atoms with Gasteiger partial charge in [0.05, 0.1) is 11.4 Å². The van der Waals surface area contributed by atoms with Gasteiger partial charge in [0.15, 0.2) is 5.82 Å². The number of rotatable bonds is 5. The molecule has 0 saturated heterocycles. The summed E-state index contributed by atoms with van der Waals surface area (Å²) < 4.78 is 31.6. The number of pyridine rings is 1. The maximum Gasteiger partial charge on any atom is 0.407 e. The van der Waals surface area contributed by atoms with Crippen LogP contribution in [0.4, 0.5) is 22.1 Å². The summed E-state index contributed by atoms with van der Waals surface area (Å²) in [6.45, 7) is 3.79. The van der Waals surface area contributed by atoms with Gasteiger partial charge in [-0.15, -0.1) is 0 Å². The van der Waals surface area contributed by atoms with E-state index < -0.39 is 10.0 Å². The number of carbonyl (C=O) groups is 1. The SMILES string of the molecule is CC(C)NC(=O)O[C@@H]1CC[C@H](c2cc(Nc3cc4c(cn3)CCS(=O)(=O)N4)n[nH]2)C1. The minimum absolute atomic E-state index is 0.0449. The summed E-state index contributed by atoms with van der Waals surface area (Å²) in [5.74, 6) is 1.41. The van der Waals surface area contributed by atoms with Gasteiger partial charge in [-0.2, -0.15) is 5.10 Å². The van der Waals surface area contributed by atoms with Crippen LogP contribution in [0.15, 0.2) is 18.3 Å². The van der Waals surface area contributed by atoms with Crippen LogP contribution in [-0.4, -0.2) is 47.6 Å². The number of alkyl carbamates (subject to hydrolysis) is 1. The van der Waals surface area contributed by atoms with Crippen LogP contribution in [0, 0.1) is 0 Å². The predicted octanol–water partition coefficient (Wildman–Crippen LogP) is 2.62. The van der Waals surface area contributed by atoms with Gasteiger partial charge in [-0.05, 0) is 45.1 Å². The van der Waals surface area contributed by atoms with Gasteiger partial charge in [0, 0.05) is 36.0 Å². The Morgan fingerprint density at radius 1 is 1.27 bits per heavy atom. The largest absolute Gasteiger partial charge is 0.446 e. The zero-order chi connectivity index (χ0) is 21.3. The van der Waals surface area contributed by atoms with Crippen molar-refractivity contribution < 1.29 is 17.9 Å². The summed E-state index contributed by atoms with van der Waals surface area (Å²) in [7, 11) is -3.28. The number of hydrogen-bond acceptors (Lipinski definition) is 7. The van der Waals surface area contributed by atoms with Gasteiger partial charge in [-0.1, -0.05) is 0 Å². The first-order valence-corrected chi connectivity index (χ1v) is 11.7. The first-order valence-electron chi connectivity index (χ1n) is 10.1. The van der Waals surface area contributed by atoms with Crippen molar-refractivity contribution in [3.05, 3.63) is 29.6 Å². The smallest absolute Gasteiger partial charge is 0.407 e. The summed E-state index contributed by atoms with van der Waals surface area (Å²) >= 11 is 0. The van der Waals surface area contributed by atoms with Crippen molar-refractivity contribution in [1.29, 1.82) is 0 Å². The Hall–Kier alpha value is -2.82. The fourth-order valence-electron chi connectivity index (χ4n) is 3.80. The standard InChI is InChI=1S/C19H26N6O4S/c1-11(2)21-19(26)29-14-4-3-12(7-14)15-8-18(24-23-15)22-17-9-16-13(10-20-17)5-6-30(27,28)25-16/h8-12,14,25H,3-7H2,1-2H3,(H,21,26)(H2,20,22,23,24)/t12-,14+/m0/s1. The van der Waals surface area contributed by atoms with Crippen LogP contribution >= 0.6 is 0 Å². The summed E-state index contributed by atoms with van der Waals surface area (Å²) in [5, 5.41) is 13.2. The Morgan fingerprint density at radius 2 is 2.10 bits per heavy atom. The van der Waals surface area contributed by atoms with Gasteiger partial charge in [0.2, 0.25) is 10.0 Å². The molecule has 162 valence electrons. The number of carbonyl (C=O) groups excluding carboxylic acids is 1. The lowest BCUT2D eigenvalue weighted by Gasteiger charge is -2.18. The molecule has 0 bridgehead atoms. The molecule has 1 aliphatic heterocycles. The molecule has 2 atom stereocenters. The van der Waals surface area contributed by atoms with E-state index in [0.717, 1.165) is 30.5 Å². The minimum Gasteiger partial charge on any atom is -0.446 e. The van der Waals surface area contributed by atoms with Crippen LogP contribution in [0.3, 0.4) is 0 Å². The van der Waals surface area contributed by atoms with Gasteiger partial charge in [-0.25, -0.2) is 18.2 Å². The number of sulfonamides is 1. The van der Waals surface area contributed by atoms with E-state index in [1.807, 2.05) is 19.9 Å². The zero-order valence-corrected chi connectivity index (χ0v) is 17.8. The normalized spacial score (nSPS) is 22.2. The van der Waals surface area contributed by atoms with E-state index in [1.165, 1.54) is 0 Å². The van der Waals surface area contributed by atoms with Crippen molar-refractivity contribution >= 4 is 33.4 Å². The number of amides is 1. The Morgan fingerprint density at radius 3 is 2.90 bits per heavy atom. The second-order valence-corrected chi connectivity index (χ2v) is 9.91. The molecule has 2 aromatic rings. The lowest BCUT2D eigenvalue weighted by Crippen LogP contribution is -2.33. The number of fused-ring (bicyclic) bond motifs is 1. The third kappa shape index (κ3) is 4.84. The van der Waals surface area contributed by atoms with E-state index in [-0.39, 0.29) is 29.9 Å². The number of aromatic nitrogens is 3. The molecule has 3 heterocycles. The molecule has 30 heavy (non-hydrogen) atoms. The number of nitrogens with zero attached hydrogens (tertiary/aromatic N) is 2. The summed E-state index contributed by atoms with van der Waals surface area (Å²) in [4.78, 5) is 16.1. The fraction of sp³-hybridized carbons (Fsp3) is 0.526. The minimum atomic E-state index is -3.28. The number of anilines is 3. The third-order valence-electron chi connectivity index (χ3n) is 5.25. The van der Waals surface area contributed by atoms with Crippen molar-refractivity contribution in [2.24, 2.45) is 0 Å². The lowest BCUT2D eigenvalue weighted by atomic mass is 10.0. The Labute approximate surface area is 175 Å². The van der Waals surface area contributed by atoms with E-state index in [1.54, 1.807) is 12.3 Å². The van der Waals surface area contributed by atoms with Crippen LogP contribution in [0.5, 0.6) is 0 Å². The molecule has 1 amide bonds. The first-order chi connectivity index (χ1) is 14.3. The molecule has 11 heteroatoms. The van der Waals surface area contributed by atoms with E-state index >= 15 is 0 Å². The van der Waals surface area contributed by atoms with Crippen molar-refractivity contribution in [3.8, 4) is 0 Å². The van der Waals surface area contributed by atoms with Gasteiger partial charge in [0.1, 0.15) is 11.9 Å². The zero-order valence-electron chi connectivity index (χ0n) is 16.9. The second kappa shape index (κ2) is 8.13. The van der Waals surface area contributed by atoms with E-state index in [2.05, 4.69) is 30.5 Å². The van der Waals surface area contributed by atoms with Gasteiger partial charge < -0.3 is 15.4 Å². The average molecular weight is 435 g/mol. The molecule has 2 aromatic heterocycles. The van der Waals surface area contributed by atoms with Gasteiger partial charge in [0.25, 0.3) is 0 Å².